The summed E-state index contributed by atoms with van der Waals surface area (Å²) < 4.78 is 0. The Labute approximate surface area is 150 Å². The van der Waals surface area contributed by atoms with Crippen molar-refractivity contribution in [3.05, 3.63) is 71.8 Å². The average Bonchev–Trinajstić information content (AvgIpc) is 2.58. The first kappa shape index (κ1) is 19.0. The van der Waals surface area contributed by atoms with E-state index >= 15 is 0 Å². The second-order valence-electron chi connectivity index (χ2n) is 7.30. The number of aliphatic hydroxyl groups excluding tert-OH is 1. The highest BCUT2D eigenvalue weighted by atomic mass is 16.3. The van der Waals surface area contributed by atoms with E-state index in [1.165, 1.54) is 0 Å². The van der Waals surface area contributed by atoms with E-state index in [4.69, 9.17) is 0 Å². The molecular weight excluding hydrogens is 312 g/mol. The van der Waals surface area contributed by atoms with Gasteiger partial charge < -0.3 is 15.7 Å². The zero-order chi connectivity index (χ0) is 18.3. The fourth-order valence-corrected chi connectivity index (χ4v) is 3.02. The van der Waals surface area contributed by atoms with E-state index in [2.05, 4.69) is 10.6 Å². The van der Waals surface area contributed by atoms with Gasteiger partial charge in [-0.3, -0.25) is 0 Å². The summed E-state index contributed by atoms with van der Waals surface area (Å²) in [4.78, 5) is 12.4. The third kappa shape index (κ3) is 6.24. The molecule has 4 heteroatoms. The molecule has 0 aliphatic rings. The van der Waals surface area contributed by atoms with Gasteiger partial charge in [-0.2, -0.15) is 0 Å². The molecule has 0 heterocycles. The van der Waals surface area contributed by atoms with E-state index < -0.39 is 0 Å². The maximum Gasteiger partial charge on any atom is 0.315 e. The Morgan fingerprint density at radius 1 is 1.00 bits per heavy atom. The number of carbonyl (C=O) groups is 1. The lowest BCUT2D eigenvalue weighted by molar-refractivity contribution is 0.128. The van der Waals surface area contributed by atoms with Gasteiger partial charge >= 0.3 is 6.03 Å². The lowest BCUT2D eigenvalue weighted by Gasteiger charge is -2.27. The third-order valence-electron chi connectivity index (χ3n) is 4.12. The fraction of sp³-hybridized carbons (Fsp3) is 0.381. The van der Waals surface area contributed by atoms with Crippen LogP contribution in [0.2, 0.25) is 0 Å². The molecule has 0 bridgehead atoms. The van der Waals surface area contributed by atoms with Gasteiger partial charge in [0.2, 0.25) is 0 Å². The zero-order valence-corrected chi connectivity index (χ0v) is 15.2. The molecule has 3 N–H and O–H groups in total. The molecule has 0 saturated heterocycles. The van der Waals surface area contributed by atoms with Gasteiger partial charge in [0.1, 0.15) is 0 Å². The molecule has 2 aromatic rings. The van der Waals surface area contributed by atoms with Gasteiger partial charge in [0.25, 0.3) is 0 Å². The first-order valence-corrected chi connectivity index (χ1v) is 8.70. The summed E-state index contributed by atoms with van der Waals surface area (Å²) in [7, 11) is 0. The Balaban J connectivity index is 2.06. The van der Waals surface area contributed by atoms with Crippen LogP contribution in [0.15, 0.2) is 60.7 Å². The van der Waals surface area contributed by atoms with Crippen LogP contribution in [0.5, 0.6) is 0 Å². The zero-order valence-electron chi connectivity index (χ0n) is 15.2. The van der Waals surface area contributed by atoms with Crippen LogP contribution >= 0.6 is 0 Å². The van der Waals surface area contributed by atoms with Crippen molar-refractivity contribution in [2.75, 3.05) is 6.54 Å². The molecule has 0 radical (unpaired) electrons. The molecule has 2 rings (SSSR count). The van der Waals surface area contributed by atoms with E-state index in [9.17, 15) is 9.90 Å². The molecule has 4 nitrogen and oxygen atoms in total. The largest absolute Gasteiger partial charge is 0.393 e. The number of rotatable bonds is 7. The highest BCUT2D eigenvalue weighted by Crippen LogP contribution is 2.23. The summed E-state index contributed by atoms with van der Waals surface area (Å²) in [5.74, 6) is 0. The smallest absolute Gasteiger partial charge is 0.315 e. The van der Waals surface area contributed by atoms with Gasteiger partial charge in [0.05, 0.1) is 12.1 Å². The van der Waals surface area contributed by atoms with Gasteiger partial charge in [0, 0.05) is 6.54 Å². The van der Waals surface area contributed by atoms with Crippen molar-refractivity contribution in [2.24, 2.45) is 5.41 Å². The van der Waals surface area contributed by atoms with Gasteiger partial charge in [-0.05, 0) is 29.9 Å². The maximum atomic E-state index is 12.4. The number of nitrogens with one attached hydrogen (secondary N) is 2. The summed E-state index contributed by atoms with van der Waals surface area (Å²) >= 11 is 0. The Morgan fingerprint density at radius 2 is 1.48 bits per heavy atom. The van der Waals surface area contributed by atoms with Gasteiger partial charge in [-0.25, -0.2) is 4.79 Å². The van der Waals surface area contributed by atoms with Gasteiger partial charge in [-0.15, -0.1) is 0 Å². The van der Waals surface area contributed by atoms with Crippen molar-refractivity contribution in [3.8, 4) is 0 Å². The predicted octanol–water partition coefficient (Wildman–Crippen LogP) is 3.87. The van der Waals surface area contributed by atoms with Crippen molar-refractivity contribution in [1.82, 2.24) is 10.6 Å². The fourth-order valence-electron chi connectivity index (χ4n) is 3.02. The van der Waals surface area contributed by atoms with Crippen LogP contribution in [0.4, 0.5) is 4.79 Å². The van der Waals surface area contributed by atoms with Crippen molar-refractivity contribution < 1.29 is 9.90 Å². The molecular formula is C21H28N2O2. The molecule has 1 atom stereocenters. The standard InChI is InChI=1S/C21H28N2O2/c1-16(24)14-21(2,3)15-22-20(25)23-19(17-10-6-4-7-11-17)18-12-8-5-9-13-18/h4-13,16,19,24H,14-15H2,1-3H3,(H2,22,23,25). The monoisotopic (exact) mass is 340 g/mol. The lowest BCUT2D eigenvalue weighted by Crippen LogP contribution is -2.43. The topological polar surface area (TPSA) is 61.4 Å². The van der Waals surface area contributed by atoms with Crippen molar-refractivity contribution in [1.29, 1.82) is 0 Å². The third-order valence-corrected chi connectivity index (χ3v) is 4.12. The minimum absolute atomic E-state index is 0.166. The highest BCUT2D eigenvalue weighted by molar-refractivity contribution is 5.75. The molecule has 25 heavy (non-hydrogen) atoms. The van der Waals surface area contributed by atoms with Crippen molar-refractivity contribution in [3.63, 3.8) is 0 Å². The van der Waals surface area contributed by atoms with E-state index in [1.54, 1.807) is 6.92 Å². The maximum absolute atomic E-state index is 12.4. The molecule has 2 aromatic carbocycles. The van der Waals surface area contributed by atoms with Crippen LogP contribution in [0.25, 0.3) is 0 Å². The molecule has 0 aliphatic carbocycles. The predicted molar refractivity (Wildman–Crippen MR) is 101 cm³/mol. The van der Waals surface area contributed by atoms with Crippen LogP contribution < -0.4 is 10.6 Å². The first-order chi connectivity index (χ1) is 11.9. The Hall–Kier alpha value is -2.33. The number of amides is 2. The molecule has 0 saturated carbocycles. The van der Waals surface area contributed by atoms with E-state index in [0.29, 0.717) is 13.0 Å². The van der Waals surface area contributed by atoms with E-state index in [1.807, 2.05) is 74.5 Å². The number of hydrogen-bond acceptors (Lipinski definition) is 2. The van der Waals surface area contributed by atoms with E-state index in [-0.39, 0.29) is 23.6 Å². The summed E-state index contributed by atoms with van der Waals surface area (Å²) in [5.41, 5.74) is 1.90. The molecule has 134 valence electrons. The summed E-state index contributed by atoms with van der Waals surface area (Å²) in [5, 5.41) is 15.6. The second kappa shape index (κ2) is 8.67. The summed E-state index contributed by atoms with van der Waals surface area (Å²) in [6, 6.07) is 19.4. The van der Waals surface area contributed by atoms with Crippen molar-refractivity contribution in [2.45, 2.75) is 39.3 Å². The molecule has 0 aromatic heterocycles. The first-order valence-electron chi connectivity index (χ1n) is 8.70. The molecule has 0 spiro atoms. The quantitative estimate of drug-likeness (QED) is 0.716. The number of aliphatic hydroxyl groups is 1. The molecule has 0 aliphatic heterocycles. The van der Waals surface area contributed by atoms with Crippen molar-refractivity contribution >= 4 is 6.03 Å². The molecule has 1 unspecified atom stereocenters. The molecule has 0 fully saturated rings. The van der Waals surface area contributed by atoms with Gasteiger partial charge in [-0.1, -0.05) is 74.5 Å². The number of carbonyl (C=O) groups excluding carboxylic acids is 1. The highest BCUT2D eigenvalue weighted by Gasteiger charge is 2.22. The number of hydrogen-bond donors (Lipinski definition) is 3. The number of urea groups is 1. The second-order valence-corrected chi connectivity index (χ2v) is 7.30. The Kier molecular flexibility index (Phi) is 6.59. The van der Waals surface area contributed by atoms with Crippen LogP contribution in [0.3, 0.4) is 0 Å². The lowest BCUT2D eigenvalue weighted by atomic mass is 9.87. The van der Waals surface area contributed by atoms with Crippen LogP contribution in [-0.4, -0.2) is 23.8 Å². The molecule has 2 amide bonds. The van der Waals surface area contributed by atoms with Gasteiger partial charge in [0.15, 0.2) is 0 Å². The van der Waals surface area contributed by atoms with Crippen LogP contribution in [0, 0.1) is 5.41 Å². The van der Waals surface area contributed by atoms with Crippen LogP contribution in [0.1, 0.15) is 44.4 Å². The summed E-state index contributed by atoms with van der Waals surface area (Å²) in [6.45, 7) is 6.33. The minimum atomic E-state index is -0.388. The average molecular weight is 340 g/mol. The minimum Gasteiger partial charge on any atom is -0.393 e. The van der Waals surface area contributed by atoms with Crippen LogP contribution in [-0.2, 0) is 0 Å². The SMILES string of the molecule is CC(O)CC(C)(C)CNC(=O)NC(c1ccccc1)c1ccccc1. The Morgan fingerprint density at radius 3 is 1.92 bits per heavy atom. The normalized spacial score (nSPS) is 12.7. The number of benzene rings is 2. The Bertz CT molecular complexity index is 615. The summed E-state index contributed by atoms with van der Waals surface area (Å²) in [6.07, 6.45) is 0.245. The van der Waals surface area contributed by atoms with E-state index in [0.717, 1.165) is 11.1 Å².